The summed E-state index contributed by atoms with van der Waals surface area (Å²) < 4.78 is 5.35. The molecule has 1 aliphatic rings. The number of rotatable bonds is 5. The first-order valence-corrected chi connectivity index (χ1v) is 5.74. The predicted molar refractivity (Wildman–Crippen MR) is 62.6 cm³/mol. The van der Waals surface area contributed by atoms with Crippen LogP contribution < -0.4 is 5.73 Å². The standard InChI is InChI=1S/C10H18N2O2S/c1-2-12(6-5-9(11)15)10(13)8-4-3-7-14-8/h8H,2-7H2,1H3,(H2,11,15). The third-order valence-corrected chi connectivity index (χ3v) is 2.73. The van der Waals surface area contributed by atoms with Gasteiger partial charge in [-0.05, 0) is 19.8 Å². The fourth-order valence-electron chi connectivity index (χ4n) is 1.65. The van der Waals surface area contributed by atoms with Crippen LogP contribution in [-0.2, 0) is 9.53 Å². The number of carbonyl (C=O) groups is 1. The van der Waals surface area contributed by atoms with Crippen LogP contribution in [0.5, 0.6) is 0 Å². The first-order chi connectivity index (χ1) is 7.15. The molecule has 86 valence electrons. The number of hydrogen-bond donors (Lipinski definition) is 1. The van der Waals surface area contributed by atoms with Gasteiger partial charge in [-0.25, -0.2) is 0 Å². The van der Waals surface area contributed by atoms with Crippen LogP contribution >= 0.6 is 12.2 Å². The lowest BCUT2D eigenvalue weighted by molar-refractivity contribution is -0.140. The molecule has 1 saturated heterocycles. The van der Waals surface area contributed by atoms with E-state index in [-0.39, 0.29) is 12.0 Å². The highest BCUT2D eigenvalue weighted by molar-refractivity contribution is 7.80. The zero-order valence-corrected chi connectivity index (χ0v) is 9.89. The maximum atomic E-state index is 11.9. The average molecular weight is 230 g/mol. The third-order valence-electron chi connectivity index (χ3n) is 2.53. The van der Waals surface area contributed by atoms with Crippen LogP contribution in [0.2, 0.25) is 0 Å². The molecule has 0 aliphatic carbocycles. The van der Waals surface area contributed by atoms with Gasteiger partial charge in [0.25, 0.3) is 5.91 Å². The summed E-state index contributed by atoms with van der Waals surface area (Å²) in [5, 5.41) is 0. The van der Waals surface area contributed by atoms with Crippen molar-refractivity contribution in [1.29, 1.82) is 0 Å². The second kappa shape index (κ2) is 6.02. The lowest BCUT2D eigenvalue weighted by Gasteiger charge is -2.23. The van der Waals surface area contributed by atoms with Crippen LogP contribution in [0.4, 0.5) is 0 Å². The molecule has 5 heteroatoms. The number of likely N-dealkylation sites (N-methyl/N-ethyl adjacent to an activating group) is 1. The van der Waals surface area contributed by atoms with E-state index in [2.05, 4.69) is 0 Å². The third kappa shape index (κ3) is 3.76. The Labute approximate surface area is 95.8 Å². The molecule has 0 bridgehead atoms. The lowest BCUT2D eigenvalue weighted by Crippen LogP contribution is -2.40. The van der Waals surface area contributed by atoms with Crippen molar-refractivity contribution in [3.8, 4) is 0 Å². The molecule has 1 atom stereocenters. The fraction of sp³-hybridized carbons (Fsp3) is 0.800. The Morgan fingerprint density at radius 2 is 2.40 bits per heavy atom. The van der Waals surface area contributed by atoms with E-state index in [0.29, 0.717) is 31.1 Å². The molecule has 0 saturated carbocycles. The quantitative estimate of drug-likeness (QED) is 0.706. The van der Waals surface area contributed by atoms with Crippen LogP contribution in [0.25, 0.3) is 0 Å². The maximum Gasteiger partial charge on any atom is 0.251 e. The van der Waals surface area contributed by atoms with Gasteiger partial charge in [-0.3, -0.25) is 4.79 Å². The van der Waals surface area contributed by atoms with Gasteiger partial charge in [0.1, 0.15) is 6.10 Å². The Hall–Kier alpha value is -0.680. The summed E-state index contributed by atoms with van der Waals surface area (Å²) in [6.45, 7) is 3.93. The summed E-state index contributed by atoms with van der Waals surface area (Å²) in [6, 6.07) is 0. The second-order valence-electron chi connectivity index (χ2n) is 3.64. The zero-order chi connectivity index (χ0) is 11.3. The van der Waals surface area contributed by atoms with E-state index < -0.39 is 0 Å². The SMILES string of the molecule is CCN(CCC(N)=S)C(=O)C1CCCO1. The van der Waals surface area contributed by atoms with E-state index in [0.717, 1.165) is 12.8 Å². The average Bonchev–Trinajstić information content (AvgIpc) is 2.70. The van der Waals surface area contributed by atoms with Gasteiger partial charge in [-0.1, -0.05) is 12.2 Å². The second-order valence-corrected chi connectivity index (χ2v) is 4.16. The normalized spacial score (nSPS) is 20.2. The van der Waals surface area contributed by atoms with Gasteiger partial charge in [0.2, 0.25) is 0 Å². The molecule has 1 fully saturated rings. The van der Waals surface area contributed by atoms with E-state index in [1.54, 1.807) is 4.90 Å². The molecule has 0 aromatic heterocycles. The molecule has 0 radical (unpaired) electrons. The number of amides is 1. The van der Waals surface area contributed by atoms with Crippen molar-refractivity contribution in [1.82, 2.24) is 4.90 Å². The molecule has 1 heterocycles. The largest absolute Gasteiger partial charge is 0.393 e. The number of thiocarbonyl (C=S) groups is 1. The van der Waals surface area contributed by atoms with E-state index in [9.17, 15) is 4.79 Å². The van der Waals surface area contributed by atoms with Gasteiger partial charge in [-0.2, -0.15) is 0 Å². The van der Waals surface area contributed by atoms with E-state index >= 15 is 0 Å². The molecular weight excluding hydrogens is 212 g/mol. The summed E-state index contributed by atoms with van der Waals surface area (Å²) in [4.78, 5) is 14.1. The Morgan fingerprint density at radius 1 is 1.67 bits per heavy atom. The van der Waals surface area contributed by atoms with Crippen LogP contribution in [0, 0.1) is 0 Å². The highest BCUT2D eigenvalue weighted by Gasteiger charge is 2.27. The Morgan fingerprint density at radius 3 is 2.87 bits per heavy atom. The summed E-state index contributed by atoms with van der Waals surface area (Å²) in [5.41, 5.74) is 5.41. The summed E-state index contributed by atoms with van der Waals surface area (Å²) in [5.74, 6) is 0.0752. The summed E-state index contributed by atoms with van der Waals surface area (Å²) >= 11 is 4.79. The maximum absolute atomic E-state index is 11.9. The molecule has 1 rings (SSSR count). The van der Waals surface area contributed by atoms with Crippen LogP contribution in [-0.4, -0.2) is 41.6 Å². The van der Waals surface area contributed by atoms with Gasteiger partial charge in [0, 0.05) is 26.1 Å². The van der Waals surface area contributed by atoms with Crippen molar-refractivity contribution in [3.63, 3.8) is 0 Å². The van der Waals surface area contributed by atoms with Crippen molar-refractivity contribution in [2.45, 2.75) is 32.3 Å². The first kappa shape index (κ1) is 12.4. The van der Waals surface area contributed by atoms with Crippen LogP contribution in [0.15, 0.2) is 0 Å². The molecule has 0 aromatic rings. The number of nitrogens with two attached hydrogens (primary N) is 1. The van der Waals surface area contributed by atoms with Crippen LogP contribution in [0.1, 0.15) is 26.2 Å². The van der Waals surface area contributed by atoms with E-state index in [1.807, 2.05) is 6.92 Å². The van der Waals surface area contributed by atoms with Crippen molar-refractivity contribution in [2.75, 3.05) is 19.7 Å². The number of nitrogens with zero attached hydrogens (tertiary/aromatic N) is 1. The van der Waals surface area contributed by atoms with Gasteiger partial charge >= 0.3 is 0 Å². The zero-order valence-electron chi connectivity index (χ0n) is 9.07. The van der Waals surface area contributed by atoms with Crippen LogP contribution in [0.3, 0.4) is 0 Å². The smallest absolute Gasteiger partial charge is 0.251 e. The molecule has 4 nitrogen and oxygen atoms in total. The Kier molecular flexibility index (Phi) is 4.98. The van der Waals surface area contributed by atoms with E-state index in [4.69, 9.17) is 22.7 Å². The monoisotopic (exact) mass is 230 g/mol. The minimum Gasteiger partial charge on any atom is -0.393 e. The summed E-state index contributed by atoms with van der Waals surface area (Å²) in [7, 11) is 0. The van der Waals surface area contributed by atoms with Gasteiger partial charge < -0.3 is 15.4 Å². The number of carbonyl (C=O) groups excluding carboxylic acids is 1. The minimum absolute atomic E-state index is 0.0752. The molecule has 0 spiro atoms. The summed E-state index contributed by atoms with van der Waals surface area (Å²) in [6.07, 6.45) is 2.16. The van der Waals surface area contributed by atoms with Crippen molar-refractivity contribution < 1.29 is 9.53 Å². The molecule has 15 heavy (non-hydrogen) atoms. The van der Waals surface area contributed by atoms with Crippen molar-refractivity contribution in [2.24, 2.45) is 5.73 Å². The number of ether oxygens (including phenoxy) is 1. The van der Waals surface area contributed by atoms with Crippen molar-refractivity contribution in [3.05, 3.63) is 0 Å². The molecule has 1 aliphatic heterocycles. The minimum atomic E-state index is -0.240. The lowest BCUT2D eigenvalue weighted by atomic mass is 10.2. The van der Waals surface area contributed by atoms with E-state index in [1.165, 1.54) is 0 Å². The van der Waals surface area contributed by atoms with Gasteiger partial charge in [0.05, 0.1) is 4.99 Å². The number of hydrogen-bond acceptors (Lipinski definition) is 3. The molecule has 0 aromatic carbocycles. The fourth-order valence-corrected chi connectivity index (χ4v) is 1.74. The molecule has 1 amide bonds. The highest BCUT2D eigenvalue weighted by Crippen LogP contribution is 2.14. The van der Waals surface area contributed by atoms with Gasteiger partial charge in [0.15, 0.2) is 0 Å². The first-order valence-electron chi connectivity index (χ1n) is 5.33. The molecule has 1 unspecified atom stereocenters. The highest BCUT2D eigenvalue weighted by atomic mass is 32.1. The van der Waals surface area contributed by atoms with Gasteiger partial charge in [-0.15, -0.1) is 0 Å². The topological polar surface area (TPSA) is 55.6 Å². The van der Waals surface area contributed by atoms with Crippen molar-refractivity contribution >= 4 is 23.1 Å². The molecule has 2 N–H and O–H groups in total. The Balaban J connectivity index is 2.42. The molecular formula is C10H18N2O2S. The Bertz CT molecular complexity index is 240. The predicted octanol–water partition coefficient (Wildman–Crippen LogP) is 0.690.